The molecule has 9 nitrogen and oxygen atoms in total. The maximum Gasteiger partial charge on any atom is 0.407 e. The van der Waals surface area contributed by atoms with Crippen LogP contribution in [0.3, 0.4) is 0 Å². The van der Waals surface area contributed by atoms with Crippen molar-refractivity contribution in [3.05, 3.63) is 54.1 Å². The number of carboxylic acid groups (broad SMARTS) is 1. The van der Waals surface area contributed by atoms with Crippen LogP contribution in [0.5, 0.6) is 11.8 Å². The van der Waals surface area contributed by atoms with E-state index in [-0.39, 0.29) is 51.3 Å². The van der Waals surface area contributed by atoms with Gasteiger partial charge in [0.05, 0.1) is 24.3 Å². The summed E-state index contributed by atoms with van der Waals surface area (Å²) in [7, 11) is 4.01. The number of phenolic OH excluding ortho intramolecular Hbond substituents is 1. The molecular formula is C32H33F2N5O4. The lowest BCUT2D eigenvalue weighted by molar-refractivity contribution is 0.114. The van der Waals surface area contributed by atoms with E-state index in [2.05, 4.69) is 14.9 Å². The third-order valence-corrected chi connectivity index (χ3v) is 9.08. The summed E-state index contributed by atoms with van der Waals surface area (Å²) < 4.78 is 38.8. The number of halogens is 2. The largest absolute Gasteiger partial charge is 0.508 e. The average molecular weight is 590 g/mol. The number of fused-ring (bicyclic) bond motifs is 4. The number of ether oxygens (including phenoxy) is 1. The maximum absolute atomic E-state index is 16.6. The highest BCUT2D eigenvalue weighted by molar-refractivity contribution is 6.01. The van der Waals surface area contributed by atoms with Crippen LogP contribution in [-0.4, -0.2) is 88.5 Å². The fourth-order valence-electron chi connectivity index (χ4n) is 7.02. The van der Waals surface area contributed by atoms with Gasteiger partial charge in [-0.1, -0.05) is 24.3 Å². The van der Waals surface area contributed by atoms with Crippen LogP contribution in [0.15, 0.2) is 42.5 Å². The zero-order valence-electron chi connectivity index (χ0n) is 24.1. The summed E-state index contributed by atoms with van der Waals surface area (Å²) in [5.41, 5.74) is -0.195. The number of anilines is 1. The molecule has 2 bridgehead atoms. The number of amides is 1. The Bertz CT molecular complexity index is 1750. The van der Waals surface area contributed by atoms with Crippen LogP contribution in [0.1, 0.15) is 25.7 Å². The summed E-state index contributed by atoms with van der Waals surface area (Å²) in [6.45, 7) is 1.89. The van der Waals surface area contributed by atoms with Crippen LogP contribution >= 0.6 is 0 Å². The average Bonchev–Trinajstić information content (AvgIpc) is 3.66. The van der Waals surface area contributed by atoms with Crippen molar-refractivity contribution in [3.8, 4) is 22.9 Å². The molecule has 2 saturated heterocycles. The van der Waals surface area contributed by atoms with Gasteiger partial charge in [0, 0.05) is 30.4 Å². The highest BCUT2D eigenvalue weighted by atomic mass is 19.1. The fraction of sp³-hybridized carbons (Fsp3) is 0.406. The van der Waals surface area contributed by atoms with Crippen molar-refractivity contribution >= 4 is 33.6 Å². The summed E-state index contributed by atoms with van der Waals surface area (Å²) in [6.07, 6.45) is 2.47. The summed E-state index contributed by atoms with van der Waals surface area (Å²) >= 11 is 0. The molecule has 3 aliphatic rings. The van der Waals surface area contributed by atoms with E-state index in [1.165, 1.54) is 17.0 Å². The number of hydrogen-bond donors (Lipinski definition) is 2. The molecule has 11 heteroatoms. The molecule has 224 valence electrons. The Morgan fingerprint density at radius 2 is 1.79 bits per heavy atom. The van der Waals surface area contributed by atoms with Crippen molar-refractivity contribution < 1.29 is 28.5 Å². The Labute approximate surface area is 247 Å². The Morgan fingerprint density at radius 3 is 2.47 bits per heavy atom. The third kappa shape index (κ3) is 4.85. The molecule has 1 amide bonds. The minimum atomic E-state index is -0.959. The van der Waals surface area contributed by atoms with Crippen molar-refractivity contribution in [1.29, 1.82) is 0 Å². The van der Waals surface area contributed by atoms with Gasteiger partial charge in [-0.25, -0.2) is 13.6 Å². The first-order chi connectivity index (χ1) is 20.6. The topological polar surface area (TPSA) is 102 Å². The maximum atomic E-state index is 16.6. The molecule has 1 saturated carbocycles. The van der Waals surface area contributed by atoms with Gasteiger partial charge in [0.2, 0.25) is 0 Å². The Morgan fingerprint density at radius 1 is 1.07 bits per heavy atom. The predicted molar refractivity (Wildman–Crippen MR) is 159 cm³/mol. The normalized spacial score (nSPS) is 20.8. The monoisotopic (exact) mass is 589 g/mol. The highest BCUT2D eigenvalue weighted by Crippen LogP contribution is 2.46. The van der Waals surface area contributed by atoms with Crippen molar-refractivity contribution in [1.82, 2.24) is 19.8 Å². The van der Waals surface area contributed by atoms with Gasteiger partial charge < -0.3 is 24.7 Å². The Kier molecular flexibility index (Phi) is 6.53. The summed E-state index contributed by atoms with van der Waals surface area (Å²) in [6, 6.07) is 10.8. The first-order valence-electron chi connectivity index (χ1n) is 14.6. The lowest BCUT2D eigenvalue weighted by atomic mass is 9.95. The van der Waals surface area contributed by atoms with Crippen LogP contribution < -0.4 is 9.64 Å². The molecule has 0 spiro atoms. The van der Waals surface area contributed by atoms with E-state index < -0.39 is 17.7 Å². The van der Waals surface area contributed by atoms with Gasteiger partial charge in [0.15, 0.2) is 5.82 Å². The second kappa shape index (κ2) is 10.2. The fourth-order valence-corrected chi connectivity index (χ4v) is 7.02. The van der Waals surface area contributed by atoms with E-state index in [0.717, 1.165) is 19.4 Å². The quantitative estimate of drug-likeness (QED) is 0.292. The molecule has 3 aromatic carbocycles. The predicted octanol–water partition coefficient (Wildman–Crippen LogP) is 5.49. The van der Waals surface area contributed by atoms with E-state index in [9.17, 15) is 15.0 Å². The number of benzene rings is 3. The number of piperazine rings is 1. The number of nitrogens with zero attached hydrogens (tertiary/aromatic N) is 5. The lowest BCUT2D eigenvalue weighted by Gasteiger charge is -2.40. The smallest absolute Gasteiger partial charge is 0.407 e. The molecule has 2 unspecified atom stereocenters. The van der Waals surface area contributed by atoms with Crippen LogP contribution in [0, 0.1) is 17.0 Å². The van der Waals surface area contributed by atoms with Gasteiger partial charge in [0.25, 0.3) is 0 Å². The van der Waals surface area contributed by atoms with Crippen LogP contribution in [0.2, 0.25) is 0 Å². The van der Waals surface area contributed by atoms with Gasteiger partial charge in [-0.15, -0.1) is 0 Å². The standard InChI is InChI=1S/C32H33F2N5O4/c1-37(2)16-32(9-10-32)17-43-30-35-28-24(29(36-30)38-14-19-7-8-20(15-38)39(19)31(41)42)13-25(33)26(27(28)34)23-12-21(40)11-18-5-3-4-6-22(18)23/h3-6,11-13,19-20,40H,7-10,14-17H2,1-2H3,(H,41,42). The first-order valence-corrected chi connectivity index (χ1v) is 14.6. The van der Waals surface area contributed by atoms with Gasteiger partial charge >= 0.3 is 12.1 Å². The van der Waals surface area contributed by atoms with Crippen LogP contribution in [0.4, 0.5) is 19.4 Å². The molecule has 3 heterocycles. The molecule has 3 fully saturated rings. The summed E-state index contributed by atoms with van der Waals surface area (Å²) in [4.78, 5) is 26.6. The summed E-state index contributed by atoms with van der Waals surface area (Å²) in [5, 5.41) is 21.6. The van der Waals surface area contributed by atoms with Crippen molar-refractivity contribution in [2.45, 2.75) is 37.8 Å². The SMILES string of the molecule is CN(C)CC1(COc2nc(N3CC4CCC(C3)N4C(=O)O)c3cc(F)c(-c4cc(O)cc5ccccc45)c(F)c3n2)CC1. The van der Waals surface area contributed by atoms with Crippen LogP contribution in [0.25, 0.3) is 32.8 Å². The molecule has 0 radical (unpaired) electrons. The molecule has 2 aliphatic heterocycles. The second-order valence-corrected chi connectivity index (χ2v) is 12.5. The van der Waals surface area contributed by atoms with Crippen molar-refractivity contribution in [3.63, 3.8) is 0 Å². The number of phenols is 1. The molecular weight excluding hydrogens is 556 g/mol. The molecule has 1 aromatic heterocycles. The highest BCUT2D eigenvalue weighted by Gasteiger charge is 2.45. The number of aromatic nitrogens is 2. The van der Waals surface area contributed by atoms with E-state index in [1.807, 2.05) is 19.0 Å². The number of rotatable bonds is 7. The zero-order chi connectivity index (χ0) is 30.0. The summed E-state index contributed by atoms with van der Waals surface area (Å²) in [5.74, 6) is -1.47. The molecule has 7 rings (SSSR count). The first kappa shape index (κ1) is 27.6. The lowest BCUT2D eigenvalue weighted by Crippen LogP contribution is -2.55. The van der Waals surface area contributed by atoms with Gasteiger partial charge in [-0.3, -0.25) is 4.90 Å². The van der Waals surface area contributed by atoms with Gasteiger partial charge in [-0.05, 0) is 74.3 Å². The number of carbonyl (C=O) groups is 1. The van der Waals surface area contributed by atoms with E-state index in [1.54, 1.807) is 30.3 Å². The van der Waals surface area contributed by atoms with Gasteiger partial charge in [-0.2, -0.15) is 9.97 Å². The molecule has 4 aromatic rings. The minimum absolute atomic E-state index is 0.00207. The second-order valence-electron chi connectivity index (χ2n) is 12.5. The minimum Gasteiger partial charge on any atom is -0.508 e. The molecule has 43 heavy (non-hydrogen) atoms. The van der Waals surface area contributed by atoms with Gasteiger partial charge in [0.1, 0.15) is 22.9 Å². The third-order valence-electron chi connectivity index (χ3n) is 9.08. The van der Waals surface area contributed by atoms with E-state index >= 15 is 8.78 Å². The Hall–Kier alpha value is -4.25. The number of hydrogen-bond acceptors (Lipinski definition) is 7. The van der Waals surface area contributed by atoms with Crippen molar-refractivity contribution in [2.24, 2.45) is 5.41 Å². The Balaban J connectivity index is 1.36. The molecule has 2 N–H and O–H groups in total. The van der Waals surface area contributed by atoms with Crippen LogP contribution in [-0.2, 0) is 0 Å². The van der Waals surface area contributed by atoms with E-state index in [0.29, 0.717) is 49.1 Å². The van der Waals surface area contributed by atoms with E-state index in [4.69, 9.17) is 4.74 Å². The molecule has 2 atom stereocenters. The molecule has 1 aliphatic carbocycles. The number of aromatic hydroxyl groups is 1. The zero-order valence-corrected chi connectivity index (χ0v) is 24.1. The van der Waals surface area contributed by atoms with Crippen molar-refractivity contribution in [2.75, 3.05) is 45.2 Å².